The normalized spacial score (nSPS) is 16.8. The molecule has 9 nitrogen and oxygen atoms in total. The summed E-state index contributed by atoms with van der Waals surface area (Å²) in [6, 6.07) is 8.78. The lowest BCUT2D eigenvalue weighted by Crippen LogP contribution is -2.35. The van der Waals surface area contributed by atoms with Crippen LogP contribution in [0.25, 0.3) is 11.1 Å². The number of aromatic nitrogens is 4. The van der Waals surface area contributed by atoms with Crippen molar-refractivity contribution in [2.45, 2.75) is 32.0 Å². The minimum atomic E-state index is -0.926. The summed E-state index contributed by atoms with van der Waals surface area (Å²) in [4.78, 5) is 22.5. The molecule has 0 atom stereocenters. The predicted molar refractivity (Wildman–Crippen MR) is 118 cm³/mol. The van der Waals surface area contributed by atoms with E-state index in [2.05, 4.69) is 49.5 Å². The van der Waals surface area contributed by atoms with Gasteiger partial charge in [0.05, 0.1) is 18.9 Å². The van der Waals surface area contributed by atoms with E-state index in [1.165, 1.54) is 15.8 Å². The molecule has 2 aromatic heterocycles. The second-order valence-corrected chi connectivity index (χ2v) is 8.28. The molecule has 2 aliphatic rings. The number of hydrogen-bond acceptors (Lipinski definition) is 7. The molecule has 0 saturated carbocycles. The highest BCUT2D eigenvalue weighted by Gasteiger charge is 2.22. The summed E-state index contributed by atoms with van der Waals surface area (Å²) >= 11 is 0. The Bertz CT molecular complexity index is 1070. The third-order valence-corrected chi connectivity index (χ3v) is 5.96. The Hall–Kier alpha value is -3.30. The number of benzene rings is 1. The summed E-state index contributed by atoms with van der Waals surface area (Å²) in [5.41, 5.74) is 5.26. The number of morpholine rings is 1. The molecular weight excluding hydrogens is 408 g/mol. The van der Waals surface area contributed by atoms with Crippen molar-refractivity contribution < 1.29 is 14.6 Å². The summed E-state index contributed by atoms with van der Waals surface area (Å²) in [6.45, 7) is 3.49. The van der Waals surface area contributed by atoms with Crippen molar-refractivity contribution in [1.29, 1.82) is 0 Å². The zero-order valence-corrected chi connectivity index (χ0v) is 17.8. The zero-order valence-electron chi connectivity index (χ0n) is 17.8. The molecule has 0 radical (unpaired) electrons. The number of nitrogens with one attached hydrogen (secondary N) is 1. The van der Waals surface area contributed by atoms with E-state index in [0.29, 0.717) is 25.7 Å². The van der Waals surface area contributed by atoms with Gasteiger partial charge < -0.3 is 15.2 Å². The summed E-state index contributed by atoms with van der Waals surface area (Å²) < 4.78 is 6.89. The molecule has 0 spiro atoms. The Morgan fingerprint density at radius 1 is 1.12 bits per heavy atom. The van der Waals surface area contributed by atoms with Crippen LogP contribution >= 0.6 is 0 Å². The van der Waals surface area contributed by atoms with Crippen molar-refractivity contribution in [3.05, 3.63) is 59.7 Å². The van der Waals surface area contributed by atoms with E-state index in [-0.39, 0.29) is 12.6 Å². The molecule has 3 aromatic rings. The topological polar surface area (TPSA) is 105 Å². The Morgan fingerprint density at radius 3 is 2.47 bits per heavy atom. The van der Waals surface area contributed by atoms with Crippen LogP contribution in [0.1, 0.15) is 16.8 Å². The van der Waals surface area contributed by atoms with Gasteiger partial charge >= 0.3 is 5.97 Å². The molecule has 1 aliphatic heterocycles. The lowest BCUT2D eigenvalue weighted by molar-refractivity contribution is -0.137. The van der Waals surface area contributed by atoms with Gasteiger partial charge in [0.2, 0.25) is 5.95 Å². The van der Waals surface area contributed by atoms with Crippen LogP contribution in [0.3, 0.4) is 0 Å². The molecule has 166 valence electrons. The van der Waals surface area contributed by atoms with Gasteiger partial charge in [0, 0.05) is 55.4 Å². The largest absolute Gasteiger partial charge is 0.480 e. The SMILES string of the molecule is O=C(O)Cn1cc(-c2cnc(NC3Cc4ccccc4C3)nc2)c(CN2CCOCC2)n1. The van der Waals surface area contributed by atoms with E-state index < -0.39 is 5.97 Å². The van der Waals surface area contributed by atoms with Crippen LogP contribution in [0.2, 0.25) is 0 Å². The molecule has 1 saturated heterocycles. The summed E-state index contributed by atoms with van der Waals surface area (Å²) in [5.74, 6) is -0.329. The van der Waals surface area contributed by atoms with Crippen molar-refractivity contribution in [3.63, 3.8) is 0 Å². The smallest absolute Gasteiger partial charge is 0.325 e. The average Bonchev–Trinajstić information content (AvgIpc) is 3.38. The highest BCUT2D eigenvalue weighted by Crippen LogP contribution is 2.26. The minimum Gasteiger partial charge on any atom is -0.480 e. The molecule has 9 heteroatoms. The van der Waals surface area contributed by atoms with E-state index in [1.54, 1.807) is 18.6 Å². The number of ether oxygens (including phenoxy) is 1. The van der Waals surface area contributed by atoms with E-state index in [4.69, 9.17) is 4.74 Å². The molecule has 3 heterocycles. The Kier molecular flexibility index (Phi) is 5.83. The number of aliphatic carboxylic acids is 1. The van der Waals surface area contributed by atoms with Gasteiger partial charge in [0.15, 0.2) is 0 Å². The van der Waals surface area contributed by atoms with Gasteiger partial charge in [0.1, 0.15) is 6.54 Å². The second kappa shape index (κ2) is 9.05. The summed E-state index contributed by atoms with van der Waals surface area (Å²) in [7, 11) is 0. The molecule has 0 amide bonds. The van der Waals surface area contributed by atoms with Crippen molar-refractivity contribution >= 4 is 11.9 Å². The van der Waals surface area contributed by atoms with Gasteiger partial charge in [-0.1, -0.05) is 24.3 Å². The first-order valence-corrected chi connectivity index (χ1v) is 10.9. The zero-order chi connectivity index (χ0) is 21.9. The van der Waals surface area contributed by atoms with Crippen LogP contribution in [0.4, 0.5) is 5.95 Å². The monoisotopic (exact) mass is 434 g/mol. The minimum absolute atomic E-state index is 0.182. The number of hydrogen-bond donors (Lipinski definition) is 2. The number of fused-ring (bicyclic) bond motifs is 1. The third-order valence-electron chi connectivity index (χ3n) is 5.96. The summed E-state index contributed by atoms with van der Waals surface area (Å²) in [6.07, 6.45) is 7.26. The number of carboxylic acids is 1. The number of nitrogens with zero attached hydrogens (tertiary/aromatic N) is 5. The fourth-order valence-corrected chi connectivity index (χ4v) is 4.40. The maximum Gasteiger partial charge on any atom is 0.325 e. The highest BCUT2D eigenvalue weighted by atomic mass is 16.5. The van der Waals surface area contributed by atoms with Crippen molar-refractivity contribution in [3.8, 4) is 11.1 Å². The second-order valence-electron chi connectivity index (χ2n) is 8.28. The van der Waals surface area contributed by atoms with Crippen molar-refractivity contribution in [2.75, 3.05) is 31.6 Å². The Morgan fingerprint density at radius 2 is 1.81 bits per heavy atom. The van der Waals surface area contributed by atoms with Crippen LogP contribution in [0, 0.1) is 0 Å². The maximum atomic E-state index is 11.2. The van der Waals surface area contributed by atoms with E-state index in [1.807, 2.05) is 0 Å². The quantitative estimate of drug-likeness (QED) is 0.580. The lowest BCUT2D eigenvalue weighted by atomic mass is 10.1. The van der Waals surface area contributed by atoms with Gasteiger partial charge in [-0.15, -0.1) is 0 Å². The van der Waals surface area contributed by atoms with Gasteiger partial charge in [-0.25, -0.2) is 9.97 Å². The van der Waals surface area contributed by atoms with E-state index in [9.17, 15) is 9.90 Å². The maximum absolute atomic E-state index is 11.2. The molecule has 1 fully saturated rings. The Labute approximate surface area is 186 Å². The molecule has 32 heavy (non-hydrogen) atoms. The molecular formula is C23H26N6O3. The number of carbonyl (C=O) groups is 1. The molecule has 0 bridgehead atoms. The van der Waals surface area contributed by atoms with Crippen LogP contribution in [0.15, 0.2) is 42.9 Å². The van der Waals surface area contributed by atoms with Crippen molar-refractivity contribution in [1.82, 2.24) is 24.6 Å². The molecule has 2 N–H and O–H groups in total. The van der Waals surface area contributed by atoms with E-state index >= 15 is 0 Å². The lowest BCUT2D eigenvalue weighted by Gasteiger charge is -2.26. The van der Waals surface area contributed by atoms with Gasteiger partial charge in [-0.2, -0.15) is 5.10 Å². The third kappa shape index (κ3) is 4.63. The van der Waals surface area contributed by atoms with E-state index in [0.717, 1.165) is 42.8 Å². The van der Waals surface area contributed by atoms with Crippen LogP contribution < -0.4 is 5.32 Å². The first kappa shape index (κ1) is 20.6. The highest BCUT2D eigenvalue weighted by molar-refractivity contribution is 5.68. The molecule has 0 unspecified atom stereocenters. The number of rotatable bonds is 7. The van der Waals surface area contributed by atoms with Crippen molar-refractivity contribution in [2.24, 2.45) is 0 Å². The van der Waals surface area contributed by atoms with Gasteiger partial charge in [-0.05, 0) is 24.0 Å². The molecule has 1 aliphatic carbocycles. The first-order valence-electron chi connectivity index (χ1n) is 10.9. The molecule has 1 aromatic carbocycles. The van der Waals surface area contributed by atoms with Gasteiger partial charge in [-0.3, -0.25) is 14.4 Å². The Balaban J connectivity index is 1.32. The fraction of sp³-hybridized carbons (Fsp3) is 0.391. The first-order chi connectivity index (χ1) is 15.6. The average molecular weight is 435 g/mol. The number of anilines is 1. The van der Waals surface area contributed by atoms with Crippen LogP contribution in [-0.4, -0.2) is 68.1 Å². The standard InChI is InChI=1S/C23H26N6O3/c30-22(31)15-29-13-20(21(27-29)14-28-5-7-32-8-6-28)18-11-24-23(25-12-18)26-19-9-16-3-1-2-4-17(16)10-19/h1-4,11-13,19H,5-10,14-15H2,(H,30,31)(H,24,25,26). The fourth-order valence-electron chi connectivity index (χ4n) is 4.40. The van der Waals surface area contributed by atoms with Crippen LogP contribution in [0.5, 0.6) is 0 Å². The van der Waals surface area contributed by atoms with Crippen LogP contribution in [-0.2, 0) is 35.5 Å². The predicted octanol–water partition coefficient (Wildman–Crippen LogP) is 1.84. The van der Waals surface area contributed by atoms with Gasteiger partial charge in [0.25, 0.3) is 0 Å². The molecule has 5 rings (SSSR count). The number of carboxylic acid groups (broad SMARTS) is 1. The summed E-state index contributed by atoms with van der Waals surface area (Å²) in [5, 5.41) is 17.1.